The SMILES string of the molecule is c1ccc(C2=NC(c3ccc(-n4c5ccccc5c5cc6ccccc6cc54)c4ccccc34)=NC(c3cccc(-c4ccccc4)c3)N2)cc1. The van der Waals surface area contributed by atoms with Gasteiger partial charge in [0.1, 0.15) is 12.0 Å². The van der Waals surface area contributed by atoms with Crippen LogP contribution in [0.2, 0.25) is 0 Å². The van der Waals surface area contributed by atoms with Crippen molar-refractivity contribution < 1.29 is 0 Å². The Balaban J connectivity index is 1.17. The molecule has 1 aliphatic heterocycles. The van der Waals surface area contributed by atoms with Gasteiger partial charge in [0.2, 0.25) is 0 Å². The van der Waals surface area contributed by atoms with Gasteiger partial charge in [-0.05, 0) is 69.2 Å². The predicted octanol–water partition coefficient (Wildman–Crippen LogP) is 11.3. The van der Waals surface area contributed by atoms with E-state index in [4.69, 9.17) is 9.98 Å². The molecule has 4 nitrogen and oxygen atoms in total. The van der Waals surface area contributed by atoms with Crippen LogP contribution < -0.4 is 5.32 Å². The van der Waals surface area contributed by atoms with E-state index in [1.54, 1.807) is 0 Å². The molecule has 0 radical (unpaired) electrons. The van der Waals surface area contributed by atoms with Crippen molar-refractivity contribution in [2.45, 2.75) is 6.17 Å². The molecule has 4 heteroatoms. The summed E-state index contributed by atoms with van der Waals surface area (Å²) in [6.07, 6.45) is -0.319. The fourth-order valence-electron chi connectivity index (χ4n) is 7.59. The molecule has 240 valence electrons. The van der Waals surface area contributed by atoms with Crippen LogP contribution in [0.25, 0.3) is 60.2 Å². The smallest absolute Gasteiger partial charge is 0.160 e. The summed E-state index contributed by atoms with van der Waals surface area (Å²) in [7, 11) is 0. The minimum absolute atomic E-state index is 0.319. The van der Waals surface area contributed by atoms with Gasteiger partial charge >= 0.3 is 0 Å². The number of aromatic nitrogens is 1. The first-order valence-electron chi connectivity index (χ1n) is 17.4. The van der Waals surface area contributed by atoms with Crippen molar-refractivity contribution in [3.8, 4) is 16.8 Å². The highest BCUT2D eigenvalue weighted by molar-refractivity contribution is 6.19. The van der Waals surface area contributed by atoms with Crippen LogP contribution in [0.15, 0.2) is 192 Å². The number of nitrogens with one attached hydrogen (secondary N) is 1. The van der Waals surface area contributed by atoms with E-state index in [9.17, 15) is 0 Å². The second-order valence-electron chi connectivity index (χ2n) is 13.1. The van der Waals surface area contributed by atoms with Gasteiger partial charge in [-0.2, -0.15) is 0 Å². The number of benzene rings is 8. The van der Waals surface area contributed by atoms with Crippen LogP contribution in [0.5, 0.6) is 0 Å². The molecule has 1 aliphatic rings. The van der Waals surface area contributed by atoms with Gasteiger partial charge < -0.3 is 9.88 Å². The van der Waals surface area contributed by atoms with E-state index in [0.29, 0.717) is 5.84 Å². The van der Waals surface area contributed by atoms with E-state index in [-0.39, 0.29) is 6.17 Å². The second-order valence-corrected chi connectivity index (χ2v) is 13.1. The highest BCUT2D eigenvalue weighted by Gasteiger charge is 2.24. The number of nitrogens with zero attached hydrogens (tertiary/aromatic N) is 3. The van der Waals surface area contributed by atoms with E-state index in [1.165, 1.54) is 38.1 Å². The molecule has 0 bridgehead atoms. The summed E-state index contributed by atoms with van der Waals surface area (Å²) >= 11 is 0. The first-order valence-corrected chi connectivity index (χ1v) is 17.4. The Morgan fingerprint density at radius 1 is 0.451 bits per heavy atom. The van der Waals surface area contributed by atoms with Gasteiger partial charge in [0.05, 0.1) is 16.7 Å². The second kappa shape index (κ2) is 12.0. The third-order valence-corrected chi connectivity index (χ3v) is 10.0. The van der Waals surface area contributed by atoms with Crippen LogP contribution in [0.1, 0.15) is 22.9 Å². The highest BCUT2D eigenvalue weighted by atomic mass is 15.2. The highest BCUT2D eigenvalue weighted by Crippen LogP contribution is 2.38. The number of hydrogen-bond donors (Lipinski definition) is 1. The van der Waals surface area contributed by atoms with Gasteiger partial charge in [0.15, 0.2) is 5.84 Å². The number of hydrogen-bond acceptors (Lipinski definition) is 3. The van der Waals surface area contributed by atoms with Crippen molar-refractivity contribution in [2.75, 3.05) is 0 Å². The van der Waals surface area contributed by atoms with Gasteiger partial charge in [-0.3, -0.25) is 0 Å². The molecule has 1 N–H and O–H groups in total. The Bertz CT molecular complexity index is 2830. The minimum atomic E-state index is -0.319. The largest absolute Gasteiger partial charge is 0.344 e. The first kappa shape index (κ1) is 29.2. The summed E-state index contributed by atoms with van der Waals surface area (Å²) in [6.45, 7) is 0. The molecule has 1 aromatic heterocycles. The molecule has 0 amide bonds. The number of amidine groups is 2. The Morgan fingerprint density at radius 2 is 1.10 bits per heavy atom. The zero-order chi connectivity index (χ0) is 33.7. The standard InChI is InChI=1S/C47H32N4/c1-3-14-31(15-4-1)33-20-13-21-36(28-33)46-48-45(32-16-5-2-6-17-32)49-47(50-46)40-26-27-43(38-23-10-9-22-37(38)40)51-42-25-12-11-24-39(42)41-29-34-18-7-8-19-35(34)30-44(41)51/h1-30,46H,(H,48,49,50). The molecule has 2 heterocycles. The monoisotopic (exact) mass is 652 g/mol. The maximum Gasteiger partial charge on any atom is 0.160 e. The van der Waals surface area contributed by atoms with Crippen LogP contribution in [-0.2, 0) is 0 Å². The average Bonchev–Trinajstić information content (AvgIpc) is 3.53. The Kier molecular flexibility index (Phi) is 6.85. The molecule has 0 saturated carbocycles. The molecule has 8 aromatic carbocycles. The van der Waals surface area contributed by atoms with Gasteiger partial charge in [0, 0.05) is 27.3 Å². The predicted molar refractivity (Wildman–Crippen MR) is 213 cm³/mol. The van der Waals surface area contributed by atoms with Crippen LogP contribution in [-0.4, -0.2) is 16.2 Å². The number of aliphatic imine (C=N–C) groups is 2. The van der Waals surface area contributed by atoms with Crippen molar-refractivity contribution in [2.24, 2.45) is 9.98 Å². The lowest BCUT2D eigenvalue weighted by molar-refractivity contribution is 0.674. The minimum Gasteiger partial charge on any atom is -0.344 e. The lowest BCUT2D eigenvalue weighted by Crippen LogP contribution is -2.33. The summed E-state index contributed by atoms with van der Waals surface area (Å²) in [6, 6.07) is 64.6. The van der Waals surface area contributed by atoms with Crippen molar-refractivity contribution in [1.29, 1.82) is 0 Å². The molecule has 0 aliphatic carbocycles. The number of para-hydroxylation sites is 1. The molecular weight excluding hydrogens is 621 g/mol. The quantitative estimate of drug-likeness (QED) is 0.197. The van der Waals surface area contributed by atoms with Crippen molar-refractivity contribution >= 4 is 55.0 Å². The first-order chi connectivity index (χ1) is 25.3. The molecule has 1 unspecified atom stereocenters. The van der Waals surface area contributed by atoms with Gasteiger partial charge in [-0.15, -0.1) is 0 Å². The topological polar surface area (TPSA) is 41.7 Å². The normalized spacial score (nSPS) is 14.5. The zero-order valence-electron chi connectivity index (χ0n) is 27.7. The van der Waals surface area contributed by atoms with Crippen LogP contribution >= 0.6 is 0 Å². The van der Waals surface area contributed by atoms with Gasteiger partial charge in [-0.25, -0.2) is 9.98 Å². The molecule has 51 heavy (non-hydrogen) atoms. The molecular formula is C47H32N4. The molecule has 0 spiro atoms. The van der Waals surface area contributed by atoms with Gasteiger partial charge in [-0.1, -0.05) is 146 Å². The Labute approximate surface area is 295 Å². The van der Waals surface area contributed by atoms with E-state index in [0.717, 1.165) is 44.5 Å². The number of rotatable bonds is 5. The molecule has 1 atom stereocenters. The molecule has 0 saturated heterocycles. The molecule has 10 rings (SSSR count). The van der Waals surface area contributed by atoms with Crippen molar-refractivity contribution in [3.63, 3.8) is 0 Å². The lowest BCUT2D eigenvalue weighted by Gasteiger charge is -2.25. The van der Waals surface area contributed by atoms with Crippen molar-refractivity contribution in [3.05, 3.63) is 199 Å². The van der Waals surface area contributed by atoms with E-state index in [2.05, 4.69) is 180 Å². The fraction of sp³-hybridized carbons (Fsp3) is 0.0213. The number of fused-ring (bicyclic) bond motifs is 5. The Morgan fingerprint density at radius 3 is 1.90 bits per heavy atom. The van der Waals surface area contributed by atoms with E-state index in [1.807, 2.05) is 12.1 Å². The van der Waals surface area contributed by atoms with E-state index >= 15 is 0 Å². The average molecular weight is 653 g/mol. The Hall–Kier alpha value is -6.78. The van der Waals surface area contributed by atoms with E-state index < -0.39 is 0 Å². The maximum absolute atomic E-state index is 5.32. The fourth-order valence-corrected chi connectivity index (χ4v) is 7.59. The van der Waals surface area contributed by atoms with Crippen LogP contribution in [0.3, 0.4) is 0 Å². The van der Waals surface area contributed by atoms with Crippen molar-refractivity contribution in [1.82, 2.24) is 9.88 Å². The molecule has 9 aromatic rings. The maximum atomic E-state index is 5.32. The van der Waals surface area contributed by atoms with Gasteiger partial charge in [0.25, 0.3) is 0 Å². The summed E-state index contributed by atoms with van der Waals surface area (Å²) < 4.78 is 2.42. The molecule has 0 fully saturated rings. The summed E-state index contributed by atoms with van der Waals surface area (Å²) in [5, 5.41) is 10.9. The third kappa shape index (κ3) is 5.00. The van der Waals surface area contributed by atoms with Crippen LogP contribution in [0, 0.1) is 0 Å². The lowest BCUT2D eigenvalue weighted by atomic mass is 10.00. The van der Waals surface area contributed by atoms with Crippen LogP contribution in [0.4, 0.5) is 0 Å². The summed E-state index contributed by atoms with van der Waals surface area (Å²) in [5.41, 5.74) is 8.94. The summed E-state index contributed by atoms with van der Waals surface area (Å²) in [4.78, 5) is 10.5. The zero-order valence-corrected chi connectivity index (χ0v) is 27.7. The summed E-state index contributed by atoms with van der Waals surface area (Å²) in [5.74, 6) is 1.51. The third-order valence-electron chi connectivity index (χ3n) is 10.0.